The van der Waals surface area contributed by atoms with E-state index in [2.05, 4.69) is 10.6 Å². The molecule has 0 fully saturated rings. The average molecular weight is 301 g/mol. The van der Waals surface area contributed by atoms with Gasteiger partial charge in [0, 0.05) is 18.3 Å². The maximum atomic E-state index is 12.4. The molecule has 0 spiro atoms. The summed E-state index contributed by atoms with van der Waals surface area (Å²) in [5.74, 6) is 0. The molecule has 0 aliphatic rings. The number of urea groups is 1. The van der Waals surface area contributed by atoms with Crippen LogP contribution >= 0.6 is 0 Å². The maximum absolute atomic E-state index is 12.4. The first-order valence-corrected chi connectivity index (χ1v) is 6.70. The van der Waals surface area contributed by atoms with Gasteiger partial charge in [0.15, 0.2) is 0 Å². The summed E-state index contributed by atoms with van der Waals surface area (Å²) in [5, 5.41) is 14.5. The molecule has 0 aliphatic carbocycles. The number of hydrogen-bond donors (Lipinski definition) is 3. The Morgan fingerprint density at radius 3 is 2.71 bits per heavy atom. The Kier molecular flexibility index (Phi) is 7.04. The van der Waals surface area contributed by atoms with E-state index in [9.17, 15) is 13.6 Å². The lowest BCUT2D eigenvalue weighted by Gasteiger charge is -2.22. The fourth-order valence-corrected chi connectivity index (χ4v) is 1.82. The number of amides is 2. The highest BCUT2D eigenvalue weighted by Gasteiger charge is 2.18. The number of aliphatic hydroxyl groups is 1. The van der Waals surface area contributed by atoms with Gasteiger partial charge < -0.3 is 20.6 Å². The van der Waals surface area contributed by atoms with Crippen molar-refractivity contribution in [1.82, 2.24) is 10.2 Å². The van der Waals surface area contributed by atoms with Gasteiger partial charge in [-0.05, 0) is 31.7 Å². The number of carbonyl (C=O) groups excluding carboxylic acids is 1. The smallest absolute Gasteiger partial charge is 0.322 e. The summed E-state index contributed by atoms with van der Waals surface area (Å²) in [4.78, 5) is 12.8. The van der Waals surface area contributed by atoms with Crippen molar-refractivity contribution in [2.24, 2.45) is 0 Å². The fourth-order valence-electron chi connectivity index (χ4n) is 1.82. The molecule has 1 aromatic carbocycles. The van der Waals surface area contributed by atoms with Crippen LogP contribution in [0.2, 0.25) is 0 Å². The molecule has 0 aromatic heterocycles. The number of alkyl halides is 2. The molecular weight excluding hydrogens is 280 g/mol. The molecule has 3 N–H and O–H groups in total. The molecule has 0 saturated heterocycles. The van der Waals surface area contributed by atoms with Crippen molar-refractivity contribution < 1.29 is 18.7 Å². The Morgan fingerprint density at radius 1 is 1.43 bits per heavy atom. The first-order valence-electron chi connectivity index (χ1n) is 6.70. The van der Waals surface area contributed by atoms with Crippen molar-refractivity contribution >= 4 is 11.7 Å². The van der Waals surface area contributed by atoms with Gasteiger partial charge in [0.2, 0.25) is 0 Å². The SMILES string of the molecule is CNC(C)c1cccc(NC(=O)N(CCO)CC(F)F)c1. The van der Waals surface area contributed by atoms with E-state index in [-0.39, 0.29) is 19.2 Å². The van der Waals surface area contributed by atoms with E-state index in [0.717, 1.165) is 10.5 Å². The second kappa shape index (κ2) is 8.53. The second-order valence-corrected chi connectivity index (χ2v) is 4.63. The van der Waals surface area contributed by atoms with E-state index < -0.39 is 19.0 Å². The largest absolute Gasteiger partial charge is 0.395 e. The summed E-state index contributed by atoms with van der Waals surface area (Å²) in [7, 11) is 1.82. The van der Waals surface area contributed by atoms with E-state index in [4.69, 9.17) is 5.11 Å². The van der Waals surface area contributed by atoms with Crippen molar-refractivity contribution in [3.05, 3.63) is 29.8 Å². The predicted octanol–water partition coefficient (Wildman–Crippen LogP) is 2.06. The zero-order valence-electron chi connectivity index (χ0n) is 12.1. The quantitative estimate of drug-likeness (QED) is 0.722. The molecule has 1 atom stereocenters. The third-order valence-electron chi connectivity index (χ3n) is 3.09. The van der Waals surface area contributed by atoms with Gasteiger partial charge in [0.05, 0.1) is 13.2 Å². The Labute approximate surface area is 122 Å². The van der Waals surface area contributed by atoms with Gasteiger partial charge in [-0.3, -0.25) is 0 Å². The fraction of sp³-hybridized carbons (Fsp3) is 0.500. The third-order valence-corrected chi connectivity index (χ3v) is 3.09. The van der Waals surface area contributed by atoms with Gasteiger partial charge in [-0.25, -0.2) is 13.6 Å². The number of halogens is 2. The van der Waals surface area contributed by atoms with E-state index in [0.29, 0.717) is 5.69 Å². The minimum Gasteiger partial charge on any atom is -0.395 e. The van der Waals surface area contributed by atoms with Crippen LogP contribution in [-0.4, -0.2) is 49.2 Å². The molecule has 7 heteroatoms. The minimum absolute atomic E-state index is 0.108. The van der Waals surface area contributed by atoms with E-state index in [1.807, 2.05) is 20.0 Å². The lowest BCUT2D eigenvalue weighted by atomic mass is 10.1. The number of rotatable bonds is 7. The number of aliphatic hydroxyl groups excluding tert-OH is 1. The molecule has 1 unspecified atom stereocenters. The molecule has 1 rings (SSSR count). The summed E-state index contributed by atoms with van der Waals surface area (Å²) in [6.45, 7) is 0.758. The average Bonchev–Trinajstić information content (AvgIpc) is 2.45. The van der Waals surface area contributed by atoms with Gasteiger partial charge >= 0.3 is 6.03 Å². The van der Waals surface area contributed by atoms with Crippen LogP contribution in [-0.2, 0) is 0 Å². The number of nitrogens with zero attached hydrogens (tertiary/aromatic N) is 1. The topological polar surface area (TPSA) is 64.6 Å². The Balaban J connectivity index is 2.76. The molecule has 0 saturated carbocycles. The molecule has 0 bridgehead atoms. The lowest BCUT2D eigenvalue weighted by molar-refractivity contribution is 0.0943. The Bertz CT molecular complexity index is 458. The van der Waals surface area contributed by atoms with Gasteiger partial charge in [-0.1, -0.05) is 12.1 Å². The van der Waals surface area contributed by atoms with Crippen LogP contribution in [0, 0.1) is 0 Å². The molecule has 0 heterocycles. The summed E-state index contributed by atoms with van der Waals surface area (Å²) in [6, 6.07) is 6.60. The van der Waals surface area contributed by atoms with Crippen LogP contribution in [0.1, 0.15) is 18.5 Å². The monoisotopic (exact) mass is 301 g/mol. The lowest BCUT2D eigenvalue weighted by Crippen LogP contribution is -2.40. The normalized spacial score (nSPS) is 12.3. The molecular formula is C14H21F2N3O2. The third kappa shape index (κ3) is 5.65. The van der Waals surface area contributed by atoms with Crippen LogP contribution in [0.5, 0.6) is 0 Å². The van der Waals surface area contributed by atoms with E-state index >= 15 is 0 Å². The highest BCUT2D eigenvalue weighted by Crippen LogP contribution is 2.17. The van der Waals surface area contributed by atoms with Gasteiger partial charge in [0.25, 0.3) is 6.43 Å². The molecule has 0 aliphatic heterocycles. The molecule has 118 valence electrons. The first-order chi connectivity index (χ1) is 9.97. The van der Waals surface area contributed by atoms with Gasteiger partial charge in [-0.15, -0.1) is 0 Å². The Morgan fingerprint density at radius 2 is 2.14 bits per heavy atom. The molecule has 2 amide bonds. The zero-order valence-corrected chi connectivity index (χ0v) is 12.1. The van der Waals surface area contributed by atoms with Gasteiger partial charge in [-0.2, -0.15) is 0 Å². The van der Waals surface area contributed by atoms with Crippen LogP contribution in [0.3, 0.4) is 0 Å². The van der Waals surface area contributed by atoms with Crippen molar-refractivity contribution in [2.45, 2.75) is 19.4 Å². The first kappa shape index (κ1) is 17.3. The predicted molar refractivity (Wildman–Crippen MR) is 77.6 cm³/mol. The number of anilines is 1. The number of nitrogens with one attached hydrogen (secondary N) is 2. The molecule has 0 radical (unpaired) electrons. The van der Waals surface area contributed by atoms with Crippen LogP contribution in [0.15, 0.2) is 24.3 Å². The number of benzene rings is 1. The standard InChI is InChI=1S/C14H21F2N3O2/c1-10(17-2)11-4-3-5-12(8-11)18-14(21)19(6-7-20)9-13(15)16/h3-5,8,10,13,17,20H,6-7,9H2,1-2H3,(H,18,21). The van der Waals surface area contributed by atoms with E-state index in [1.165, 1.54) is 0 Å². The highest BCUT2D eigenvalue weighted by atomic mass is 19.3. The summed E-state index contributed by atoms with van der Waals surface area (Å²) < 4.78 is 24.8. The van der Waals surface area contributed by atoms with Crippen molar-refractivity contribution in [2.75, 3.05) is 32.1 Å². The highest BCUT2D eigenvalue weighted by molar-refractivity contribution is 5.89. The van der Waals surface area contributed by atoms with Crippen molar-refractivity contribution in [1.29, 1.82) is 0 Å². The molecule has 21 heavy (non-hydrogen) atoms. The number of carbonyl (C=O) groups is 1. The molecule has 1 aromatic rings. The summed E-state index contributed by atoms with van der Waals surface area (Å²) in [6.07, 6.45) is -2.64. The van der Waals surface area contributed by atoms with Crippen LogP contribution in [0.25, 0.3) is 0 Å². The van der Waals surface area contributed by atoms with Crippen molar-refractivity contribution in [3.8, 4) is 0 Å². The number of hydrogen-bond acceptors (Lipinski definition) is 3. The van der Waals surface area contributed by atoms with E-state index in [1.54, 1.807) is 18.2 Å². The zero-order chi connectivity index (χ0) is 15.8. The molecule has 5 nitrogen and oxygen atoms in total. The summed E-state index contributed by atoms with van der Waals surface area (Å²) in [5.41, 5.74) is 1.50. The van der Waals surface area contributed by atoms with Crippen molar-refractivity contribution in [3.63, 3.8) is 0 Å². The maximum Gasteiger partial charge on any atom is 0.322 e. The Hall–Kier alpha value is -1.73. The second-order valence-electron chi connectivity index (χ2n) is 4.63. The van der Waals surface area contributed by atoms with Crippen LogP contribution in [0.4, 0.5) is 19.3 Å². The van der Waals surface area contributed by atoms with Crippen LogP contribution < -0.4 is 10.6 Å². The minimum atomic E-state index is -2.64. The summed E-state index contributed by atoms with van der Waals surface area (Å²) >= 11 is 0. The van der Waals surface area contributed by atoms with Gasteiger partial charge in [0.1, 0.15) is 0 Å².